The number of nitrogens with zero attached hydrogens (tertiary/aromatic N) is 2. The van der Waals surface area contributed by atoms with E-state index in [9.17, 15) is 0 Å². The Hall–Kier alpha value is -3.28. The Kier molecular flexibility index (Phi) is 5.02. The van der Waals surface area contributed by atoms with Crippen molar-refractivity contribution in [3.63, 3.8) is 0 Å². The smallest absolute Gasteiger partial charge is 0.225 e. The Bertz CT molecular complexity index is 1010. The summed E-state index contributed by atoms with van der Waals surface area (Å²) >= 11 is 0. The Labute approximate surface area is 165 Å². The van der Waals surface area contributed by atoms with Crippen LogP contribution in [-0.2, 0) is 0 Å². The van der Waals surface area contributed by atoms with Gasteiger partial charge in [-0.05, 0) is 67.0 Å². The van der Waals surface area contributed by atoms with Gasteiger partial charge >= 0.3 is 0 Å². The maximum absolute atomic E-state index is 4.57. The first-order valence-electron chi connectivity index (χ1n) is 9.64. The number of hydrogen-bond donors (Lipinski definition) is 4. The molecule has 0 bridgehead atoms. The average Bonchev–Trinajstić information content (AvgIpc) is 3.42. The van der Waals surface area contributed by atoms with Crippen LogP contribution in [0.4, 0.5) is 11.8 Å². The summed E-state index contributed by atoms with van der Waals surface area (Å²) in [6.45, 7) is 6.20. The van der Waals surface area contributed by atoms with Crippen LogP contribution >= 0.6 is 0 Å². The Morgan fingerprint density at radius 2 is 2.14 bits per heavy atom. The minimum atomic E-state index is 0.0865. The normalized spacial score (nSPS) is 15.3. The van der Waals surface area contributed by atoms with Gasteiger partial charge in [-0.15, -0.1) is 0 Å². The van der Waals surface area contributed by atoms with Gasteiger partial charge in [0, 0.05) is 36.4 Å². The summed E-state index contributed by atoms with van der Waals surface area (Å²) in [5.41, 5.74) is 4.35. The number of nitrogens with one attached hydrogen (secondary N) is 4. The van der Waals surface area contributed by atoms with Crippen LogP contribution in [-0.4, -0.2) is 22.0 Å². The molecule has 1 aliphatic rings. The number of hydrogen-bond acceptors (Lipinski definition) is 5. The molecule has 1 fully saturated rings. The van der Waals surface area contributed by atoms with Crippen LogP contribution in [0, 0.1) is 5.92 Å². The van der Waals surface area contributed by atoms with Crippen LogP contribution in [0.1, 0.15) is 31.4 Å². The third-order valence-corrected chi connectivity index (χ3v) is 5.00. The number of H-pyrrole nitrogens is 1. The van der Waals surface area contributed by atoms with Gasteiger partial charge < -0.3 is 20.9 Å². The SMILES string of the molecule is C=C(/C=C(\NC)C1CC1)Nc1ccnc(NC(C)c2ccc3[nH]ccc3c2)n1. The second-order valence-corrected chi connectivity index (χ2v) is 7.23. The van der Waals surface area contributed by atoms with Crippen molar-refractivity contribution in [2.75, 3.05) is 17.7 Å². The van der Waals surface area contributed by atoms with Crippen LogP contribution in [0.5, 0.6) is 0 Å². The Morgan fingerprint density at radius 3 is 2.93 bits per heavy atom. The number of rotatable bonds is 8. The summed E-state index contributed by atoms with van der Waals surface area (Å²) in [4.78, 5) is 12.1. The molecule has 2 aromatic heterocycles. The van der Waals surface area contributed by atoms with E-state index in [0.717, 1.165) is 17.0 Å². The molecule has 0 aliphatic heterocycles. The molecule has 0 spiro atoms. The highest BCUT2D eigenvalue weighted by Crippen LogP contribution is 2.35. The number of benzene rings is 1. The topological polar surface area (TPSA) is 77.7 Å². The maximum Gasteiger partial charge on any atom is 0.225 e. The Morgan fingerprint density at radius 1 is 1.29 bits per heavy atom. The van der Waals surface area contributed by atoms with Crippen molar-refractivity contribution in [1.82, 2.24) is 20.3 Å². The van der Waals surface area contributed by atoms with Crippen LogP contribution < -0.4 is 16.0 Å². The van der Waals surface area contributed by atoms with E-state index in [0.29, 0.717) is 11.9 Å². The van der Waals surface area contributed by atoms with Crippen molar-refractivity contribution in [2.24, 2.45) is 5.92 Å². The van der Waals surface area contributed by atoms with Gasteiger partial charge in [-0.1, -0.05) is 12.6 Å². The fourth-order valence-corrected chi connectivity index (χ4v) is 3.29. The van der Waals surface area contributed by atoms with Gasteiger partial charge in [-0.25, -0.2) is 4.98 Å². The highest BCUT2D eigenvalue weighted by atomic mass is 15.1. The van der Waals surface area contributed by atoms with Crippen LogP contribution in [0.25, 0.3) is 10.9 Å². The standard InChI is InChI=1S/C22H26N6/c1-14(12-20(23-3)16-4-5-16)26-21-9-11-25-22(28-21)27-15(2)17-6-7-19-18(13-17)8-10-24-19/h6-13,15-16,23-24H,1,4-5H2,2-3H3,(H2,25,26,27,28)/b20-12-. The zero-order chi connectivity index (χ0) is 19.5. The van der Waals surface area contributed by atoms with Crippen LogP contribution in [0.2, 0.25) is 0 Å². The fraction of sp³-hybridized carbons (Fsp3) is 0.273. The average molecular weight is 374 g/mol. The number of aromatic nitrogens is 3. The van der Waals surface area contributed by atoms with Crippen molar-refractivity contribution in [2.45, 2.75) is 25.8 Å². The molecule has 4 N–H and O–H groups in total. The van der Waals surface area contributed by atoms with Gasteiger partial charge in [0.15, 0.2) is 0 Å². The third kappa shape index (κ3) is 4.17. The van der Waals surface area contributed by atoms with Gasteiger partial charge in [0.2, 0.25) is 5.95 Å². The molecule has 1 aromatic carbocycles. The molecule has 2 heterocycles. The van der Waals surface area contributed by atoms with Gasteiger partial charge in [-0.2, -0.15) is 4.98 Å². The largest absolute Gasteiger partial charge is 0.391 e. The number of anilines is 2. The van der Waals surface area contributed by atoms with E-state index in [4.69, 9.17) is 0 Å². The molecule has 1 saturated carbocycles. The minimum absolute atomic E-state index is 0.0865. The number of aromatic amines is 1. The van der Waals surface area contributed by atoms with Gasteiger partial charge in [0.05, 0.1) is 6.04 Å². The summed E-state index contributed by atoms with van der Waals surface area (Å²) in [5, 5.41) is 11.1. The van der Waals surface area contributed by atoms with Crippen molar-refractivity contribution >= 4 is 22.7 Å². The molecule has 6 heteroatoms. The van der Waals surface area contributed by atoms with Crippen LogP contribution in [0.15, 0.2) is 66.8 Å². The van der Waals surface area contributed by atoms with Crippen molar-refractivity contribution in [3.8, 4) is 0 Å². The fourth-order valence-electron chi connectivity index (χ4n) is 3.29. The van der Waals surface area contributed by atoms with Gasteiger partial charge in [0.25, 0.3) is 0 Å². The van der Waals surface area contributed by atoms with E-state index in [1.165, 1.54) is 29.5 Å². The van der Waals surface area contributed by atoms with Gasteiger partial charge in [0.1, 0.15) is 5.82 Å². The van der Waals surface area contributed by atoms with Crippen LogP contribution in [0.3, 0.4) is 0 Å². The lowest BCUT2D eigenvalue weighted by atomic mass is 10.1. The molecule has 6 nitrogen and oxygen atoms in total. The molecule has 1 atom stereocenters. The van der Waals surface area contributed by atoms with E-state index < -0.39 is 0 Å². The molecule has 28 heavy (non-hydrogen) atoms. The molecule has 4 rings (SSSR count). The second kappa shape index (κ2) is 7.76. The van der Waals surface area contributed by atoms with E-state index in [1.54, 1.807) is 6.20 Å². The summed E-state index contributed by atoms with van der Waals surface area (Å²) in [6, 6.07) is 10.4. The maximum atomic E-state index is 4.57. The zero-order valence-corrected chi connectivity index (χ0v) is 16.3. The first kappa shape index (κ1) is 18.1. The van der Waals surface area contributed by atoms with E-state index in [-0.39, 0.29) is 6.04 Å². The van der Waals surface area contributed by atoms with Crippen molar-refractivity contribution in [1.29, 1.82) is 0 Å². The monoisotopic (exact) mass is 374 g/mol. The molecule has 144 valence electrons. The first-order valence-corrected chi connectivity index (χ1v) is 9.64. The summed E-state index contributed by atoms with van der Waals surface area (Å²) < 4.78 is 0. The van der Waals surface area contributed by atoms with Crippen molar-refractivity contribution < 1.29 is 0 Å². The summed E-state index contributed by atoms with van der Waals surface area (Å²) in [7, 11) is 1.95. The number of allylic oxidation sites excluding steroid dienone is 2. The molecule has 0 amide bonds. The quantitative estimate of drug-likeness (QED) is 0.435. The van der Waals surface area contributed by atoms with Crippen molar-refractivity contribution in [3.05, 3.63) is 72.3 Å². The third-order valence-electron chi connectivity index (χ3n) is 5.00. The zero-order valence-electron chi connectivity index (χ0n) is 16.3. The molecule has 0 radical (unpaired) electrons. The second-order valence-electron chi connectivity index (χ2n) is 7.23. The lowest BCUT2D eigenvalue weighted by molar-refractivity contribution is 0.844. The lowest BCUT2D eigenvalue weighted by Crippen LogP contribution is -2.11. The van der Waals surface area contributed by atoms with E-state index in [2.05, 4.69) is 74.7 Å². The van der Waals surface area contributed by atoms with Gasteiger partial charge in [-0.3, -0.25) is 0 Å². The molecule has 1 unspecified atom stereocenters. The summed E-state index contributed by atoms with van der Waals surface area (Å²) in [5.74, 6) is 1.95. The predicted octanol–water partition coefficient (Wildman–Crippen LogP) is 4.57. The molecule has 0 saturated heterocycles. The lowest BCUT2D eigenvalue weighted by Gasteiger charge is -2.15. The highest BCUT2D eigenvalue weighted by molar-refractivity contribution is 5.80. The van der Waals surface area contributed by atoms with E-state index >= 15 is 0 Å². The number of fused-ring (bicyclic) bond motifs is 1. The molecular weight excluding hydrogens is 348 g/mol. The molecule has 3 aromatic rings. The highest BCUT2D eigenvalue weighted by Gasteiger charge is 2.25. The predicted molar refractivity (Wildman–Crippen MR) is 115 cm³/mol. The summed E-state index contributed by atoms with van der Waals surface area (Å²) in [6.07, 6.45) is 8.24. The Balaban J connectivity index is 1.43. The first-order chi connectivity index (χ1) is 13.6. The molecular formula is C22H26N6. The molecule has 1 aliphatic carbocycles. The minimum Gasteiger partial charge on any atom is -0.391 e. The van der Waals surface area contributed by atoms with E-state index in [1.807, 2.05) is 19.3 Å².